The van der Waals surface area contributed by atoms with Crippen molar-refractivity contribution in [3.8, 4) is 11.5 Å². The second-order valence-corrected chi connectivity index (χ2v) is 8.99. The number of unbranched alkanes of at least 4 members (excludes halogenated alkanes) is 2. The van der Waals surface area contributed by atoms with Crippen LogP contribution in [-0.4, -0.2) is 22.2 Å². The molecule has 0 fully saturated rings. The first-order chi connectivity index (χ1) is 16.5. The molecule has 0 aliphatic rings. The fraction of sp³-hybridized carbons (Fsp3) is 0.385. The molecular formula is C26H31F3N4O2. The van der Waals surface area contributed by atoms with Crippen LogP contribution in [0.5, 0.6) is 11.5 Å². The van der Waals surface area contributed by atoms with Crippen LogP contribution < -0.4 is 20.1 Å². The molecule has 0 amide bonds. The Morgan fingerprint density at radius 1 is 0.914 bits per heavy atom. The smallest absolute Gasteiger partial charge is 0.421 e. The molecule has 3 rings (SSSR count). The van der Waals surface area contributed by atoms with Crippen molar-refractivity contribution in [2.45, 2.75) is 58.7 Å². The van der Waals surface area contributed by atoms with E-state index in [-0.39, 0.29) is 11.8 Å². The molecule has 0 saturated heterocycles. The van der Waals surface area contributed by atoms with Gasteiger partial charge in [0.05, 0.1) is 12.3 Å². The van der Waals surface area contributed by atoms with Gasteiger partial charge in [-0.25, -0.2) is 4.98 Å². The summed E-state index contributed by atoms with van der Waals surface area (Å²) < 4.78 is 52.7. The number of ether oxygens (including phenoxy) is 2. The highest BCUT2D eigenvalue weighted by Crippen LogP contribution is 2.37. The first-order valence-corrected chi connectivity index (χ1v) is 11.5. The van der Waals surface area contributed by atoms with E-state index < -0.39 is 17.3 Å². The number of hydrogen-bond acceptors (Lipinski definition) is 6. The lowest BCUT2D eigenvalue weighted by Gasteiger charge is -2.24. The van der Waals surface area contributed by atoms with Crippen LogP contribution >= 0.6 is 0 Å². The van der Waals surface area contributed by atoms with Gasteiger partial charge in [-0.2, -0.15) is 18.2 Å². The van der Waals surface area contributed by atoms with E-state index in [0.29, 0.717) is 23.7 Å². The lowest BCUT2D eigenvalue weighted by atomic mass is 10.2. The molecule has 9 heteroatoms. The Morgan fingerprint density at radius 2 is 1.63 bits per heavy atom. The molecule has 0 atom stereocenters. The zero-order valence-corrected chi connectivity index (χ0v) is 20.4. The van der Waals surface area contributed by atoms with Gasteiger partial charge in [0.2, 0.25) is 5.95 Å². The van der Waals surface area contributed by atoms with Gasteiger partial charge in [0, 0.05) is 11.9 Å². The number of halogens is 3. The number of anilines is 4. The second-order valence-electron chi connectivity index (χ2n) is 8.99. The summed E-state index contributed by atoms with van der Waals surface area (Å²) in [4.78, 5) is 7.99. The standard InChI is InChI=1S/C26H31F3N4O2/c1-5-6-9-16-34-19-14-12-18(13-15-19)31-24-30-17-20(26(27,28)29)23(33-24)32-21-10-7-8-11-22(21)35-25(2,3)4/h7-8,10-15,17H,5-6,9,16H2,1-4H3,(H2,30,31,32,33). The van der Waals surface area contributed by atoms with Crippen LogP contribution in [0, 0.1) is 0 Å². The molecule has 2 aromatic carbocycles. The molecule has 0 spiro atoms. The van der Waals surface area contributed by atoms with Crippen molar-refractivity contribution in [2.24, 2.45) is 0 Å². The predicted octanol–water partition coefficient (Wildman–Crippen LogP) is 7.73. The highest BCUT2D eigenvalue weighted by molar-refractivity contribution is 5.67. The maximum Gasteiger partial charge on any atom is 0.421 e. The van der Waals surface area contributed by atoms with Crippen molar-refractivity contribution < 1.29 is 22.6 Å². The normalized spacial score (nSPS) is 11.7. The molecule has 3 aromatic rings. The predicted molar refractivity (Wildman–Crippen MR) is 132 cm³/mol. The van der Waals surface area contributed by atoms with Gasteiger partial charge in [-0.1, -0.05) is 31.9 Å². The van der Waals surface area contributed by atoms with E-state index in [2.05, 4.69) is 27.5 Å². The number of nitrogens with zero attached hydrogens (tertiary/aromatic N) is 2. The molecule has 35 heavy (non-hydrogen) atoms. The van der Waals surface area contributed by atoms with Gasteiger partial charge in [-0.05, 0) is 63.6 Å². The van der Waals surface area contributed by atoms with E-state index in [4.69, 9.17) is 9.47 Å². The van der Waals surface area contributed by atoms with Crippen LogP contribution in [0.2, 0.25) is 0 Å². The van der Waals surface area contributed by atoms with Crippen LogP contribution in [0.4, 0.5) is 36.3 Å². The molecule has 0 saturated carbocycles. The molecule has 188 valence electrons. The van der Waals surface area contributed by atoms with Crippen LogP contribution in [0.1, 0.15) is 52.5 Å². The molecule has 2 N–H and O–H groups in total. The molecule has 6 nitrogen and oxygen atoms in total. The van der Waals surface area contributed by atoms with Crippen molar-refractivity contribution in [3.63, 3.8) is 0 Å². The van der Waals surface area contributed by atoms with Crippen molar-refractivity contribution in [2.75, 3.05) is 17.2 Å². The molecule has 0 radical (unpaired) electrons. The van der Waals surface area contributed by atoms with E-state index in [1.807, 2.05) is 20.8 Å². The minimum atomic E-state index is -4.64. The molecule has 0 unspecified atom stereocenters. The van der Waals surface area contributed by atoms with Gasteiger partial charge in [0.15, 0.2) is 0 Å². The van der Waals surface area contributed by atoms with E-state index in [1.54, 1.807) is 48.5 Å². The van der Waals surface area contributed by atoms with Crippen molar-refractivity contribution in [1.29, 1.82) is 0 Å². The summed E-state index contributed by atoms with van der Waals surface area (Å²) in [5.74, 6) is 0.774. The van der Waals surface area contributed by atoms with Crippen molar-refractivity contribution >= 4 is 23.1 Å². The number of aromatic nitrogens is 2. The van der Waals surface area contributed by atoms with Gasteiger partial charge in [-0.15, -0.1) is 0 Å². The molecule has 0 aliphatic heterocycles. The average Bonchev–Trinajstić information content (AvgIpc) is 2.78. The quantitative estimate of drug-likeness (QED) is 0.285. The summed E-state index contributed by atoms with van der Waals surface area (Å²) in [7, 11) is 0. The summed E-state index contributed by atoms with van der Waals surface area (Å²) >= 11 is 0. The Morgan fingerprint density at radius 3 is 2.29 bits per heavy atom. The lowest BCUT2D eigenvalue weighted by molar-refractivity contribution is -0.137. The maximum absolute atomic E-state index is 13.7. The number of nitrogens with one attached hydrogen (secondary N) is 2. The summed E-state index contributed by atoms with van der Waals surface area (Å²) in [6, 6.07) is 13.9. The summed E-state index contributed by atoms with van der Waals surface area (Å²) in [6.07, 6.45) is -0.678. The summed E-state index contributed by atoms with van der Waals surface area (Å²) in [5.41, 5.74) is -0.533. The first-order valence-electron chi connectivity index (χ1n) is 11.5. The fourth-order valence-corrected chi connectivity index (χ4v) is 3.17. The Hall–Kier alpha value is -3.49. The number of hydrogen-bond donors (Lipinski definition) is 2. The number of para-hydroxylation sites is 2. The molecule has 0 aliphatic carbocycles. The third-order valence-electron chi connectivity index (χ3n) is 4.78. The Bertz CT molecular complexity index is 1100. The summed E-state index contributed by atoms with van der Waals surface area (Å²) in [5, 5.41) is 5.73. The fourth-order valence-electron chi connectivity index (χ4n) is 3.17. The molecule has 0 bridgehead atoms. The Balaban J connectivity index is 1.81. The minimum Gasteiger partial charge on any atom is -0.494 e. The third-order valence-corrected chi connectivity index (χ3v) is 4.78. The highest BCUT2D eigenvalue weighted by Gasteiger charge is 2.35. The zero-order chi connectivity index (χ0) is 25.5. The maximum atomic E-state index is 13.7. The number of alkyl halides is 3. The SMILES string of the molecule is CCCCCOc1ccc(Nc2ncc(C(F)(F)F)c(Nc3ccccc3OC(C)(C)C)n2)cc1. The van der Waals surface area contributed by atoms with E-state index >= 15 is 0 Å². The topological polar surface area (TPSA) is 68.3 Å². The minimum absolute atomic E-state index is 0.0198. The van der Waals surface area contributed by atoms with E-state index in [9.17, 15) is 13.2 Å². The van der Waals surface area contributed by atoms with Gasteiger partial charge in [0.1, 0.15) is 28.5 Å². The highest BCUT2D eigenvalue weighted by atomic mass is 19.4. The average molecular weight is 489 g/mol. The molecular weight excluding hydrogens is 457 g/mol. The zero-order valence-electron chi connectivity index (χ0n) is 20.4. The largest absolute Gasteiger partial charge is 0.494 e. The van der Waals surface area contributed by atoms with Gasteiger partial charge >= 0.3 is 6.18 Å². The van der Waals surface area contributed by atoms with Gasteiger partial charge in [0.25, 0.3) is 0 Å². The third kappa shape index (κ3) is 8.05. The first kappa shape index (κ1) is 26.1. The van der Waals surface area contributed by atoms with Gasteiger partial charge in [-0.3, -0.25) is 0 Å². The molecule has 1 heterocycles. The van der Waals surface area contributed by atoms with Crippen molar-refractivity contribution in [1.82, 2.24) is 9.97 Å². The van der Waals surface area contributed by atoms with Crippen molar-refractivity contribution in [3.05, 3.63) is 60.3 Å². The van der Waals surface area contributed by atoms with E-state index in [1.165, 1.54) is 0 Å². The summed E-state index contributed by atoms with van der Waals surface area (Å²) in [6.45, 7) is 8.35. The molecule has 1 aromatic heterocycles. The second kappa shape index (κ2) is 11.3. The van der Waals surface area contributed by atoms with Gasteiger partial charge < -0.3 is 20.1 Å². The van der Waals surface area contributed by atoms with E-state index in [0.717, 1.165) is 31.2 Å². The van der Waals surface area contributed by atoms with Crippen LogP contribution in [-0.2, 0) is 6.18 Å². The van der Waals surface area contributed by atoms with Crippen LogP contribution in [0.25, 0.3) is 0 Å². The Kier molecular flexibility index (Phi) is 8.43. The monoisotopic (exact) mass is 488 g/mol. The Labute approximate surface area is 203 Å². The van der Waals surface area contributed by atoms with Crippen LogP contribution in [0.3, 0.4) is 0 Å². The number of benzene rings is 2. The lowest BCUT2D eigenvalue weighted by Crippen LogP contribution is -2.23. The van der Waals surface area contributed by atoms with Crippen LogP contribution in [0.15, 0.2) is 54.7 Å². The number of rotatable bonds is 10.